The van der Waals surface area contributed by atoms with E-state index in [1.165, 1.54) is 0 Å². The second kappa shape index (κ2) is 8.84. The van der Waals surface area contributed by atoms with Crippen LogP contribution in [0.2, 0.25) is 0 Å². The molecular weight excluding hydrogens is 357 g/mol. The largest absolute Gasteiger partial charge is 0.390 e. The van der Waals surface area contributed by atoms with E-state index in [0.29, 0.717) is 0 Å². The third-order valence-electron chi connectivity index (χ3n) is 0.138. The number of hydrogen-bond donors (Lipinski definition) is 1. The van der Waals surface area contributed by atoms with Crippen LogP contribution >= 0.6 is 0 Å². The molecule has 0 fully saturated rings. The van der Waals surface area contributed by atoms with Gasteiger partial charge in [-0.2, -0.15) is 0 Å². The van der Waals surface area contributed by atoms with Gasteiger partial charge in [-0.3, -0.25) is 0 Å². The van der Waals surface area contributed by atoms with Gasteiger partial charge in [0.15, 0.2) is 0 Å². The molecule has 0 atom stereocenters. The van der Waals surface area contributed by atoms with E-state index in [2.05, 4.69) is 0 Å². The molecule has 0 aliphatic heterocycles. The first kappa shape index (κ1) is 17.0. The molecule has 0 aliphatic rings. The monoisotopic (exact) mass is 364 g/mol. The van der Waals surface area contributed by atoms with Crippen LogP contribution < -0.4 is 0 Å². The third kappa shape index (κ3) is 57.0. The van der Waals surface area contributed by atoms with Gasteiger partial charge in [-0.05, 0) is 0 Å². The zero-order valence-corrected chi connectivity index (χ0v) is 10.6. The Bertz CT molecular complexity index is 26.9. The Hall–Kier alpha value is -1.18. The SMILES string of the molecule is OCC(F)F.[CH3-].[Rf]. The summed E-state index contributed by atoms with van der Waals surface area (Å²) in [5, 5.41) is 7.39. The Labute approximate surface area is 35.6 Å². The fraction of sp³-hybridized carbons (Fsp3) is 0.667. The molecule has 0 radical (unpaired) electrons. The first-order chi connectivity index (χ1) is 2.27. The summed E-state index contributed by atoms with van der Waals surface area (Å²) >= 11 is 0. The van der Waals surface area contributed by atoms with Crippen molar-refractivity contribution < 1.29 is 13.9 Å². The average Bonchev–Trinajstić information content (AvgIpc) is 1.38. The van der Waals surface area contributed by atoms with Gasteiger partial charge in [0.2, 0.25) is 0 Å². The molecule has 0 aromatic carbocycles. The van der Waals surface area contributed by atoms with Crippen molar-refractivity contribution in [1.82, 2.24) is 0 Å². The topological polar surface area (TPSA) is 20.2 Å². The normalized spacial score (nSPS) is 6.86. The Morgan fingerprint density at radius 1 is 1.43 bits per heavy atom. The van der Waals surface area contributed by atoms with Crippen LogP contribution in [0, 0.1) is 7.43 Å². The van der Waals surface area contributed by atoms with E-state index in [0.717, 1.165) is 0 Å². The van der Waals surface area contributed by atoms with Gasteiger partial charge in [-0.15, -0.1) is 0 Å². The quantitative estimate of drug-likeness (QED) is 0.680. The first-order valence-electron chi connectivity index (χ1n) is 1.16. The van der Waals surface area contributed by atoms with Crippen molar-refractivity contribution in [3.05, 3.63) is 7.43 Å². The zero-order chi connectivity index (χ0) is 4.28. The number of halogens is 2. The molecular formula is C3H7F2ORf-. The standard InChI is InChI=1S/C2H4F2O.CH3.Rf/c3-2(4)1-5;;/h2,5H,1H2;1H3;/q;-1;. The van der Waals surface area contributed by atoms with Gasteiger partial charge >= 0.3 is 0 Å². The van der Waals surface area contributed by atoms with Crippen LogP contribution in [-0.2, 0) is 0 Å². The van der Waals surface area contributed by atoms with Gasteiger partial charge in [-0.1, -0.05) is 0 Å². The Balaban J connectivity index is -0.0000000800. The number of aliphatic hydroxyl groups is 1. The van der Waals surface area contributed by atoms with Crippen LogP contribution in [0.3, 0.4) is 0 Å². The van der Waals surface area contributed by atoms with Crippen LogP contribution in [0.15, 0.2) is 0 Å². The van der Waals surface area contributed by atoms with E-state index in [-0.39, 0.29) is 7.43 Å². The van der Waals surface area contributed by atoms with Crippen molar-refractivity contribution in [3.8, 4) is 0 Å². The van der Waals surface area contributed by atoms with Gasteiger partial charge in [0.1, 0.15) is 6.61 Å². The van der Waals surface area contributed by atoms with E-state index in [9.17, 15) is 8.78 Å². The fourth-order valence-electron chi connectivity index (χ4n) is 0. The minimum Gasteiger partial charge on any atom is -0.390 e. The second-order valence-electron chi connectivity index (χ2n) is 0.574. The summed E-state index contributed by atoms with van der Waals surface area (Å²) in [6, 6.07) is 0. The van der Waals surface area contributed by atoms with Crippen LogP contribution in [0.4, 0.5) is 8.78 Å². The summed E-state index contributed by atoms with van der Waals surface area (Å²) in [5.74, 6) is 0. The molecule has 4 heteroatoms. The van der Waals surface area contributed by atoms with Crippen molar-refractivity contribution in [3.63, 3.8) is 0 Å². The van der Waals surface area contributed by atoms with Crippen LogP contribution in [0.25, 0.3) is 0 Å². The smallest absolute Gasteiger partial charge is 0.261 e. The molecule has 1 N–H and O–H groups in total. The van der Waals surface area contributed by atoms with Crippen LogP contribution in [-0.4, -0.2) is 18.1 Å². The molecule has 0 aliphatic carbocycles. The summed E-state index contributed by atoms with van der Waals surface area (Å²) in [6.07, 6.45) is -2.56. The van der Waals surface area contributed by atoms with Gasteiger partial charge in [0.05, 0.1) is 0 Å². The van der Waals surface area contributed by atoms with Crippen LogP contribution in [0.5, 0.6) is 0 Å². The molecule has 0 saturated heterocycles. The number of aliphatic hydroxyl groups excluding tert-OH is 1. The van der Waals surface area contributed by atoms with Gasteiger partial charge < -0.3 is 12.5 Å². The average molecular weight is 364 g/mol. The van der Waals surface area contributed by atoms with E-state index in [1.54, 1.807) is 0 Å². The third-order valence-corrected chi connectivity index (χ3v) is 0.138. The Kier molecular flexibility index (Phi) is 21.5. The van der Waals surface area contributed by atoms with Crippen molar-refractivity contribution in [2.24, 2.45) is 0 Å². The van der Waals surface area contributed by atoms with E-state index >= 15 is 0 Å². The molecule has 0 unspecified atom stereocenters. The van der Waals surface area contributed by atoms with Crippen molar-refractivity contribution >= 4 is 0 Å². The molecule has 0 bridgehead atoms. The predicted octanol–water partition coefficient (Wildman–Crippen LogP) is 0.694. The maximum Gasteiger partial charge on any atom is 0.261 e. The van der Waals surface area contributed by atoms with Crippen molar-refractivity contribution in [1.29, 1.82) is 0 Å². The minimum absolute atomic E-state index is 0. The summed E-state index contributed by atoms with van der Waals surface area (Å²) in [5.41, 5.74) is 0. The number of rotatable bonds is 1. The number of hydrogen-bond acceptors (Lipinski definition) is 1. The van der Waals surface area contributed by atoms with Crippen molar-refractivity contribution in [2.45, 2.75) is 6.43 Å². The number of alkyl halides is 2. The molecule has 0 amide bonds. The predicted molar refractivity (Wildman–Crippen MR) is 19.5 cm³/mol. The second-order valence-corrected chi connectivity index (χ2v) is 0.574. The minimum atomic E-state index is -2.56. The van der Waals surface area contributed by atoms with Crippen LogP contribution in [0.1, 0.15) is 0 Å². The maximum absolute atomic E-state index is 10.5. The Morgan fingerprint density at radius 3 is 1.57 bits per heavy atom. The van der Waals surface area contributed by atoms with E-state index < -0.39 is 13.0 Å². The summed E-state index contributed by atoms with van der Waals surface area (Å²) < 4.78 is 21.0. The molecule has 42 valence electrons. The zero-order valence-electron chi connectivity index (χ0n) is 4.19. The van der Waals surface area contributed by atoms with Gasteiger partial charge in [0.25, 0.3) is 6.43 Å². The molecule has 1 nitrogen and oxygen atoms in total. The van der Waals surface area contributed by atoms with Gasteiger partial charge in [0, 0.05) is 0 Å². The van der Waals surface area contributed by atoms with Crippen molar-refractivity contribution in [2.75, 3.05) is 6.61 Å². The fourth-order valence-corrected chi connectivity index (χ4v) is 0. The molecule has 0 spiro atoms. The molecule has 0 rings (SSSR count). The van der Waals surface area contributed by atoms with E-state index in [1.807, 2.05) is 0 Å². The molecule has 0 saturated carbocycles. The molecule has 0 aromatic heterocycles. The maximum atomic E-state index is 10.5. The summed E-state index contributed by atoms with van der Waals surface area (Å²) in [6.45, 7) is -1.03. The Morgan fingerprint density at radius 2 is 1.57 bits per heavy atom. The molecule has 0 heterocycles. The first-order valence-corrected chi connectivity index (χ1v) is 1.16. The van der Waals surface area contributed by atoms with E-state index in [4.69, 9.17) is 5.11 Å². The summed E-state index contributed by atoms with van der Waals surface area (Å²) in [7, 11) is 0. The summed E-state index contributed by atoms with van der Waals surface area (Å²) in [4.78, 5) is 0. The molecule has 7 heavy (non-hydrogen) atoms. The van der Waals surface area contributed by atoms with Gasteiger partial charge in [-0.25, -0.2) is 8.78 Å². The molecule has 0 aromatic rings.